The van der Waals surface area contributed by atoms with E-state index in [4.69, 9.17) is 17.0 Å². The van der Waals surface area contributed by atoms with E-state index in [0.29, 0.717) is 17.9 Å². The SMILES string of the molecule is CCCCOCCn1c(=S)[nH]c2ccc(F)cc21. The number of unbranched alkanes of at least 4 members (excludes halogenated alkanes) is 1. The number of rotatable bonds is 6. The lowest BCUT2D eigenvalue weighted by Gasteiger charge is -2.05. The first-order valence-electron chi connectivity index (χ1n) is 6.18. The molecule has 0 unspecified atom stereocenters. The fourth-order valence-electron chi connectivity index (χ4n) is 1.85. The van der Waals surface area contributed by atoms with Crippen molar-refractivity contribution in [2.24, 2.45) is 0 Å². The van der Waals surface area contributed by atoms with Crippen LogP contribution in [0.1, 0.15) is 19.8 Å². The van der Waals surface area contributed by atoms with Crippen LogP contribution in [0, 0.1) is 10.6 Å². The Labute approximate surface area is 111 Å². The number of imidazole rings is 1. The molecule has 0 aliphatic heterocycles. The molecule has 0 aliphatic carbocycles. The number of fused-ring (bicyclic) bond motifs is 1. The maximum atomic E-state index is 13.2. The van der Waals surface area contributed by atoms with Gasteiger partial charge in [-0.2, -0.15) is 0 Å². The molecule has 0 atom stereocenters. The molecule has 0 bridgehead atoms. The Balaban J connectivity index is 2.10. The van der Waals surface area contributed by atoms with Crippen LogP contribution in [0.15, 0.2) is 18.2 Å². The maximum absolute atomic E-state index is 13.2. The van der Waals surface area contributed by atoms with E-state index >= 15 is 0 Å². The number of aromatic nitrogens is 2. The summed E-state index contributed by atoms with van der Waals surface area (Å²) in [7, 11) is 0. The van der Waals surface area contributed by atoms with Crippen LogP contribution in [0.3, 0.4) is 0 Å². The smallest absolute Gasteiger partial charge is 0.178 e. The number of halogens is 1. The van der Waals surface area contributed by atoms with E-state index in [1.807, 2.05) is 4.57 Å². The normalized spacial score (nSPS) is 11.2. The van der Waals surface area contributed by atoms with E-state index in [9.17, 15) is 4.39 Å². The Morgan fingerprint density at radius 2 is 2.22 bits per heavy atom. The first kappa shape index (κ1) is 13.2. The quantitative estimate of drug-likeness (QED) is 0.640. The summed E-state index contributed by atoms with van der Waals surface area (Å²) in [4.78, 5) is 3.06. The molecule has 0 saturated carbocycles. The van der Waals surface area contributed by atoms with Gasteiger partial charge in [-0.1, -0.05) is 13.3 Å². The van der Waals surface area contributed by atoms with Crippen molar-refractivity contribution in [3.8, 4) is 0 Å². The molecule has 18 heavy (non-hydrogen) atoms. The number of ether oxygens (including phenoxy) is 1. The molecule has 0 radical (unpaired) electrons. The molecular formula is C13H17FN2OS. The van der Waals surface area contributed by atoms with E-state index in [2.05, 4.69) is 11.9 Å². The van der Waals surface area contributed by atoms with E-state index in [1.165, 1.54) is 12.1 Å². The van der Waals surface area contributed by atoms with Gasteiger partial charge in [0.05, 0.1) is 17.6 Å². The van der Waals surface area contributed by atoms with Crippen LogP contribution in [0.2, 0.25) is 0 Å². The lowest BCUT2D eigenvalue weighted by molar-refractivity contribution is 0.124. The van der Waals surface area contributed by atoms with Gasteiger partial charge in [-0.3, -0.25) is 0 Å². The van der Waals surface area contributed by atoms with Gasteiger partial charge in [0.15, 0.2) is 4.77 Å². The summed E-state index contributed by atoms with van der Waals surface area (Å²) in [5.41, 5.74) is 1.65. The molecule has 1 N–H and O–H groups in total. The predicted molar refractivity (Wildman–Crippen MR) is 72.8 cm³/mol. The first-order valence-corrected chi connectivity index (χ1v) is 6.59. The van der Waals surface area contributed by atoms with Crippen LogP contribution in [-0.4, -0.2) is 22.8 Å². The van der Waals surface area contributed by atoms with Crippen molar-refractivity contribution in [2.75, 3.05) is 13.2 Å². The number of H-pyrrole nitrogens is 1. The predicted octanol–water partition coefficient (Wildman–Crippen LogP) is 3.65. The van der Waals surface area contributed by atoms with Gasteiger partial charge in [-0.15, -0.1) is 0 Å². The summed E-state index contributed by atoms with van der Waals surface area (Å²) < 4.78 is 21.2. The molecule has 0 saturated heterocycles. The van der Waals surface area contributed by atoms with Gasteiger partial charge < -0.3 is 14.3 Å². The van der Waals surface area contributed by atoms with Crippen LogP contribution in [0.5, 0.6) is 0 Å². The average molecular weight is 268 g/mol. The molecule has 0 fully saturated rings. The zero-order valence-corrected chi connectivity index (χ0v) is 11.2. The van der Waals surface area contributed by atoms with Gasteiger partial charge in [-0.05, 0) is 36.8 Å². The van der Waals surface area contributed by atoms with Crippen LogP contribution in [-0.2, 0) is 11.3 Å². The third-order valence-electron chi connectivity index (χ3n) is 2.84. The number of benzene rings is 1. The van der Waals surface area contributed by atoms with Crippen molar-refractivity contribution in [2.45, 2.75) is 26.3 Å². The number of nitrogens with one attached hydrogen (secondary N) is 1. The van der Waals surface area contributed by atoms with Gasteiger partial charge in [0, 0.05) is 13.2 Å². The van der Waals surface area contributed by atoms with Gasteiger partial charge >= 0.3 is 0 Å². The van der Waals surface area contributed by atoms with Gasteiger partial charge in [0.1, 0.15) is 5.82 Å². The van der Waals surface area contributed by atoms with Gasteiger partial charge in [0.2, 0.25) is 0 Å². The second-order valence-corrected chi connectivity index (χ2v) is 4.60. The van der Waals surface area contributed by atoms with Crippen LogP contribution >= 0.6 is 12.2 Å². The van der Waals surface area contributed by atoms with Crippen molar-refractivity contribution >= 4 is 23.3 Å². The van der Waals surface area contributed by atoms with Gasteiger partial charge in [-0.25, -0.2) is 4.39 Å². The Morgan fingerprint density at radius 3 is 3.00 bits per heavy atom. The molecule has 0 amide bonds. The molecule has 2 rings (SSSR count). The first-order chi connectivity index (χ1) is 8.72. The largest absolute Gasteiger partial charge is 0.380 e. The summed E-state index contributed by atoms with van der Waals surface area (Å²) in [6.45, 7) is 4.13. The molecule has 0 spiro atoms. The molecule has 1 heterocycles. The minimum Gasteiger partial charge on any atom is -0.380 e. The standard InChI is InChI=1S/C13H17FN2OS/c1-2-3-7-17-8-6-16-12-9-10(14)4-5-11(12)15-13(16)18/h4-5,9H,2-3,6-8H2,1H3,(H,15,18). The Bertz CT molecular complexity index is 576. The zero-order valence-electron chi connectivity index (χ0n) is 10.4. The van der Waals surface area contributed by atoms with Crippen molar-refractivity contribution in [1.29, 1.82) is 0 Å². The molecule has 0 aliphatic rings. The van der Waals surface area contributed by atoms with E-state index in [-0.39, 0.29) is 5.82 Å². The highest BCUT2D eigenvalue weighted by Gasteiger charge is 2.05. The highest BCUT2D eigenvalue weighted by Crippen LogP contribution is 2.15. The summed E-state index contributed by atoms with van der Waals surface area (Å²) in [6.07, 6.45) is 2.19. The second-order valence-electron chi connectivity index (χ2n) is 4.21. The van der Waals surface area contributed by atoms with Crippen molar-refractivity contribution in [3.05, 3.63) is 28.8 Å². The lowest BCUT2D eigenvalue weighted by Crippen LogP contribution is -2.06. The number of hydrogen-bond acceptors (Lipinski definition) is 2. The van der Waals surface area contributed by atoms with E-state index < -0.39 is 0 Å². The molecule has 1 aromatic heterocycles. The molecular weight excluding hydrogens is 251 g/mol. The summed E-state index contributed by atoms with van der Waals surface area (Å²) in [5, 5.41) is 0. The molecule has 3 nitrogen and oxygen atoms in total. The van der Waals surface area contributed by atoms with Crippen molar-refractivity contribution in [3.63, 3.8) is 0 Å². The summed E-state index contributed by atoms with van der Waals surface area (Å²) >= 11 is 5.23. The maximum Gasteiger partial charge on any atom is 0.178 e. The van der Waals surface area contributed by atoms with Crippen molar-refractivity contribution < 1.29 is 9.13 Å². The monoisotopic (exact) mass is 268 g/mol. The average Bonchev–Trinajstić information content (AvgIpc) is 2.65. The van der Waals surface area contributed by atoms with Crippen LogP contribution in [0.25, 0.3) is 11.0 Å². The number of aromatic amines is 1. The van der Waals surface area contributed by atoms with E-state index in [0.717, 1.165) is 30.5 Å². The van der Waals surface area contributed by atoms with E-state index in [1.54, 1.807) is 6.07 Å². The molecule has 1 aromatic carbocycles. The van der Waals surface area contributed by atoms with Crippen LogP contribution < -0.4 is 0 Å². The molecule has 98 valence electrons. The summed E-state index contributed by atoms with van der Waals surface area (Å²) in [5.74, 6) is -0.253. The highest BCUT2D eigenvalue weighted by atomic mass is 32.1. The Morgan fingerprint density at radius 1 is 1.39 bits per heavy atom. The third kappa shape index (κ3) is 2.97. The highest BCUT2D eigenvalue weighted by molar-refractivity contribution is 7.71. The number of hydrogen-bond donors (Lipinski definition) is 1. The minimum atomic E-state index is -0.253. The zero-order chi connectivity index (χ0) is 13.0. The lowest BCUT2D eigenvalue weighted by atomic mass is 10.3. The fourth-order valence-corrected chi connectivity index (χ4v) is 2.15. The minimum absolute atomic E-state index is 0.253. The third-order valence-corrected chi connectivity index (χ3v) is 3.16. The van der Waals surface area contributed by atoms with Crippen molar-refractivity contribution in [1.82, 2.24) is 9.55 Å². The Hall–Kier alpha value is -1.20. The summed E-state index contributed by atoms with van der Waals surface area (Å²) in [6, 6.07) is 4.62. The van der Waals surface area contributed by atoms with Gasteiger partial charge in [0.25, 0.3) is 0 Å². The Kier molecular flexibility index (Phi) is 4.49. The number of nitrogens with zero attached hydrogens (tertiary/aromatic N) is 1. The van der Waals surface area contributed by atoms with Crippen LogP contribution in [0.4, 0.5) is 4.39 Å². The second kappa shape index (κ2) is 6.11. The molecule has 5 heteroatoms. The molecule has 2 aromatic rings. The topological polar surface area (TPSA) is 29.9 Å². The fraction of sp³-hybridized carbons (Fsp3) is 0.462.